The SMILES string of the molecule is CC(C)NCc1ccc(CN2CCSC(C)(C)CC2)cc1. The Kier molecular flexibility index (Phi) is 6.15. The third-order valence-corrected chi connectivity index (χ3v) is 5.45. The van der Waals surface area contributed by atoms with Crippen LogP contribution in [0.25, 0.3) is 0 Å². The van der Waals surface area contributed by atoms with Gasteiger partial charge in [0.05, 0.1) is 0 Å². The van der Waals surface area contributed by atoms with Crippen molar-refractivity contribution in [2.24, 2.45) is 0 Å². The second-order valence-corrected chi connectivity index (χ2v) is 8.79. The van der Waals surface area contributed by atoms with Gasteiger partial charge >= 0.3 is 0 Å². The minimum absolute atomic E-state index is 0.446. The molecule has 0 amide bonds. The normalized spacial score (nSPS) is 19.7. The van der Waals surface area contributed by atoms with Crippen molar-refractivity contribution in [2.75, 3.05) is 18.8 Å². The fourth-order valence-corrected chi connectivity index (χ4v) is 3.70. The molecule has 1 aliphatic rings. The molecular formula is C18H30N2S. The Morgan fingerprint density at radius 3 is 2.48 bits per heavy atom. The van der Waals surface area contributed by atoms with Crippen LogP contribution in [0, 0.1) is 0 Å². The molecule has 1 aromatic rings. The quantitative estimate of drug-likeness (QED) is 0.888. The second-order valence-electron chi connectivity index (χ2n) is 6.99. The van der Waals surface area contributed by atoms with E-state index in [-0.39, 0.29) is 0 Å². The van der Waals surface area contributed by atoms with Crippen molar-refractivity contribution in [3.05, 3.63) is 35.4 Å². The Hall–Kier alpha value is -0.510. The molecule has 1 N–H and O–H groups in total. The highest BCUT2D eigenvalue weighted by Gasteiger charge is 2.23. The molecule has 1 heterocycles. The third kappa shape index (κ3) is 6.01. The van der Waals surface area contributed by atoms with Gasteiger partial charge in [0.25, 0.3) is 0 Å². The van der Waals surface area contributed by atoms with Crippen molar-refractivity contribution in [3.63, 3.8) is 0 Å². The fourth-order valence-electron chi connectivity index (χ4n) is 2.56. The number of rotatable bonds is 5. The van der Waals surface area contributed by atoms with Crippen molar-refractivity contribution in [1.29, 1.82) is 0 Å². The van der Waals surface area contributed by atoms with Crippen LogP contribution in [0.4, 0.5) is 0 Å². The van der Waals surface area contributed by atoms with Gasteiger partial charge in [0, 0.05) is 36.2 Å². The van der Waals surface area contributed by atoms with E-state index in [0.29, 0.717) is 10.8 Å². The van der Waals surface area contributed by atoms with Crippen LogP contribution in [-0.4, -0.2) is 34.5 Å². The first kappa shape index (κ1) is 16.9. The Labute approximate surface area is 134 Å². The zero-order chi connectivity index (χ0) is 15.3. The Morgan fingerprint density at radius 2 is 1.81 bits per heavy atom. The fraction of sp³-hybridized carbons (Fsp3) is 0.667. The van der Waals surface area contributed by atoms with E-state index in [4.69, 9.17) is 0 Å². The van der Waals surface area contributed by atoms with Gasteiger partial charge in [0.2, 0.25) is 0 Å². The molecule has 118 valence electrons. The van der Waals surface area contributed by atoms with E-state index in [9.17, 15) is 0 Å². The zero-order valence-electron chi connectivity index (χ0n) is 14.0. The summed E-state index contributed by atoms with van der Waals surface area (Å²) in [5.74, 6) is 1.25. The molecule has 0 bridgehead atoms. The van der Waals surface area contributed by atoms with Crippen LogP contribution in [0.5, 0.6) is 0 Å². The number of benzene rings is 1. The lowest BCUT2D eigenvalue weighted by molar-refractivity contribution is 0.276. The van der Waals surface area contributed by atoms with Crippen molar-refractivity contribution in [1.82, 2.24) is 10.2 Å². The molecule has 1 saturated heterocycles. The summed E-state index contributed by atoms with van der Waals surface area (Å²) in [5, 5.41) is 3.47. The number of hydrogen-bond acceptors (Lipinski definition) is 3. The first-order valence-electron chi connectivity index (χ1n) is 8.12. The van der Waals surface area contributed by atoms with Gasteiger partial charge in [-0.25, -0.2) is 0 Å². The Morgan fingerprint density at radius 1 is 1.14 bits per heavy atom. The molecule has 0 atom stereocenters. The summed E-state index contributed by atoms with van der Waals surface area (Å²) in [6.07, 6.45) is 1.29. The van der Waals surface area contributed by atoms with Gasteiger partial charge < -0.3 is 5.32 Å². The molecule has 3 heteroatoms. The van der Waals surface area contributed by atoms with Gasteiger partial charge in [-0.1, -0.05) is 52.0 Å². The number of nitrogens with one attached hydrogen (secondary N) is 1. The van der Waals surface area contributed by atoms with Crippen LogP contribution < -0.4 is 5.32 Å². The molecule has 21 heavy (non-hydrogen) atoms. The maximum absolute atomic E-state index is 3.47. The first-order valence-corrected chi connectivity index (χ1v) is 9.11. The lowest BCUT2D eigenvalue weighted by Gasteiger charge is -2.22. The van der Waals surface area contributed by atoms with Gasteiger partial charge in [-0.05, 0) is 24.1 Å². The van der Waals surface area contributed by atoms with Crippen molar-refractivity contribution in [3.8, 4) is 0 Å². The van der Waals surface area contributed by atoms with E-state index in [1.165, 1.54) is 36.4 Å². The van der Waals surface area contributed by atoms with Crippen molar-refractivity contribution in [2.45, 2.75) is 58.0 Å². The van der Waals surface area contributed by atoms with Gasteiger partial charge in [-0.2, -0.15) is 11.8 Å². The predicted molar refractivity (Wildman–Crippen MR) is 94.8 cm³/mol. The highest BCUT2D eigenvalue weighted by molar-refractivity contribution is 8.00. The summed E-state index contributed by atoms with van der Waals surface area (Å²) in [6, 6.07) is 9.66. The van der Waals surface area contributed by atoms with E-state index in [0.717, 1.165) is 13.1 Å². The maximum Gasteiger partial charge on any atom is 0.0234 e. The lowest BCUT2D eigenvalue weighted by atomic mass is 10.1. The largest absolute Gasteiger partial charge is 0.310 e. The molecule has 1 aromatic carbocycles. The van der Waals surface area contributed by atoms with Crippen LogP contribution in [0.3, 0.4) is 0 Å². The van der Waals surface area contributed by atoms with E-state index in [2.05, 4.69) is 73.9 Å². The van der Waals surface area contributed by atoms with E-state index in [1.54, 1.807) is 0 Å². The predicted octanol–water partition coefficient (Wildman–Crippen LogP) is 3.90. The molecule has 1 aliphatic heterocycles. The van der Waals surface area contributed by atoms with E-state index < -0.39 is 0 Å². The van der Waals surface area contributed by atoms with Gasteiger partial charge in [-0.3, -0.25) is 4.90 Å². The minimum Gasteiger partial charge on any atom is -0.310 e. The molecule has 0 unspecified atom stereocenters. The molecule has 0 spiro atoms. The van der Waals surface area contributed by atoms with Gasteiger partial charge in [0.1, 0.15) is 0 Å². The summed E-state index contributed by atoms with van der Waals surface area (Å²) in [5.41, 5.74) is 2.81. The highest BCUT2D eigenvalue weighted by atomic mass is 32.2. The molecule has 0 aliphatic carbocycles. The zero-order valence-corrected chi connectivity index (χ0v) is 14.8. The Balaban J connectivity index is 1.85. The van der Waals surface area contributed by atoms with Crippen LogP contribution in [0.2, 0.25) is 0 Å². The van der Waals surface area contributed by atoms with E-state index in [1.807, 2.05) is 0 Å². The molecule has 0 saturated carbocycles. The highest BCUT2D eigenvalue weighted by Crippen LogP contribution is 2.31. The van der Waals surface area contributed by atoms with Crippen LogP contribution in [0.1, 0.15) is 45.2 Å². The van der Waals surface area contributed by atoms with E-state index >= 15 is 0 Å². The molecular weight excluding hydrogens is 276 g/mol. The summed E-state index contributed by atoms with van der Waals surface area (Å²) in [4.78, 5) is 2.60. The van der Waals surface area contributed by atoms with Crippen LogP contribution >= 0.6 is 11.8 Å². The number of thioether (sulfide) groups is 1. The number of nitrogens with zero attached hydrogens (tertiary/aromatic N) is 1. The van der Waals surface area contributed by atoms with Gasteiger partial charge in [0.15, 0.2) is 0 Å². The first-order chi connectivity index (χ1) is 9.94. The maximum atomic E-state index is 3.47. The topological polar surface area (TPSA) is 15.3 Å². The molecule has 2 nitrogen and oxygen atoms in total. The molecule has 0 radical (unpaired) electrons. The van der Waals surface area contributed by atoms with Gasteiger partial charge in [-0.15, -0.1) is 0 Å². The van der Waals surface area contributed by atoms with Crippen LogP contribution in [0.15, 0.2) is 24.3 Å². The summed E-state index contributed by atoms with van der Waals surface area (Å²) in [6.45, 7) is 13.6. The molecule has 2 rings (SSSR count). The lowest BCUT2D eigenvalue weighted by Crippen LogP contribution is -2.26. The minimum atomic E-state index is 0.446. The van der Waals surface area contributed by atoms with Crippen LogP contribution in [-0.2, 0) is 13.1 Å². The third-order valence-electron chi connectivity index (χ3n) is 4.07. The molecule has 1 fully saturated rings. The monoisotopic (exact) mass is 306 g/mol. The average molecular weight is 307 g/mol. The van der Waals surface area contributed by atoms with Crippen molar-refractivity contribution >= 4 is 11.8 Å². The summed E-state index contributed by atoms with van der Waals surface area (Å²) < 4.78 is 0.446. The Bertz CT molecular complexity index is 425. The standard InChI is InChI=1S/C18H30N2S/c1-15(2)19-13-16-5-7-17(8-6-16)14-20-10-9-18(3,4)21-12-11-20/h5-8,15,19H,9-14H2,1-4H3. The molecule has 0 aromatic heterocycles. The average Bonchev–Trinajstić information content (AvgIpc) is 2.59. The summed E-state index contributed by atoms with van der Waals surface area (Å²) in [7, 11) is 0. The second kappa shape index (κ2) is 7.66. The van der Waals surface area contributed by atoms with Crippen molar-refractivity contribution < 1.29 is 0 Å². The summed E-state index contributed by atoms with van der Waals surface area (Å²) >= 11 is 2.12. The smallest absolute Gasteiger partial charge is 0.0234 e. The number of hydrogen-bond donors (Lipinski definition) is 1.